The molecule has 0 aromatic rings. The van der Waals surface area contributed by atoms with Crippen LogP contribution >= 0.6 is 9.12 Å². The van der Waals surface area contributed by atoms with Gasteiger partial charge in [-0.05, 0) is 0 Å². The van der Waals surface area contributed by atoms with Gasteiger partial charge < -0.3 is 0 Å². The Bertz CT molecular complexity index is 8.00. The molecular formula is H9BBiCaP. The van der Waals surface area contributed by atoms with Gasteiger partial charge in [0.25, 0.3) is 0 Å². The van der Waals surface area contributed by atoms with Gasteiger partial charge in [0.15, 0.2) is 0 Å². The Kier molecular flexibility index (Phi) is 69.5. The van der Waals surface area contributed by atoms with Crippen LogP contribution in [0.5, 0.6) is 0 Å². The second-order valence-corrected chi connectivity index (χ2v) is 0. The number of hydrogen-bond donors (Lipinski definition) is 0. The van der Waals surface area contributed by atoms with E-state index in [-0.39, 0.29) is 63.9 Å². The average molecular weight is 300 g/mol. The summed E-state index contributed by atoms with van der Waals surface area (Å²) in [7, 11) is 4.33. The summed E-state index contributed by atoms with van der Waals surface area (Å²) in [5.74, 6) is 0. The van der Waals surface area contributed by atoms with Crippen molar-refractivity contribution >= 4 is 80.6 Å². The fourth-order valence-electron chi connectivity index (χ4n) is 0. The molecule has 0 aliphatic carbocycles. The Morgan fingerprint density at radius 3 is 1.25 bits per heavy atom. The Labute approximate surface area is 79.2 Å². The SMILES string of the molecule is BP.[BiH3].[CaH2]. The van der Waals surface area contributed by atoms with Crippen LogP contribution in [-0.4, -0.2) is 71.5 Å². The molecule has 0 heterocycles. The summed E-state index contributed by atoms with van der Waals surface area (Å²) >= 11 is 0. The zero-order valence-electron chi connectivity index (χ0n) is 2.28. The van der Waals surface area contributed by atoms with E-state index in [0.29, 0.717) is 0 Å². The normalized spacial score (nSPS) is 1.25. The van der Waals surface area contributed by atoms with Crippen molar-refractivity contribution in [1.82, 2.24) is 0 Å². The third-order valence-electron chi connectivity index (χ3n) is 0. The monoisotopic (exact) mass is 300 g/mol. The summed E-state index contributed by atoms with van der Waals surface area (Å²) < 4.78 is 0. The summed E-state index contributed by atoms with van der Waals surface area (Å²) in [6.45, 7) is 0. The third-order valence-corrected chi connectivity index (χ3v) is 0. The van der Waals surface area contributed by atoms with E-state index < -0.39 is 0 Å². The van der Waals surface area contributed by atoms with E-state index in [4.69, 9.17) is 0 Å². The van der Waals surface area contributed by atoms with Gasteiger partial charge in [0.1, 0.15) is 7.57 Å². The van der Waals surface area contributed by atoms with Crippen molar-refractivity contribution in [2.24, 2.45) is 0 Å². The van der Waals surface area contributed by atoms with E-state index in [0.717, 1.165) is 0 Å². The summed E-state index contributed by atoms with van der Waals surface area (Å²) in [4.78, 5) is 0. The fraction of sp³-hybridized carbons (Fsp3) is 0. The first-order valence-corrected chi connectivity index (χ1v) is 1.73. The van der Waals surface area contributed by atoms with Gasteiger partial charge in [-0.25, -0.2) is 0 Å². The molecular weight excluding hydrogens is 291 g/mol. The van der Waals surface area contributed by atoms with Crippen molar-refractivity contribution in [3.8, 4) is 0 Å². The van der Waals surface area contributed by atoms with Crippen LogP contribution in [0.2, 0.25) is 0 Å². The summed E-state index contributed by atoms with van der Waals surface area (Å²) in [5.41, 5.74) is 0. The van der Waals surface area contributed by atoms with Gasteiger partial charge >= 0.3 is 63.9 Å². The maximum absolute atomic E-state index is 2.42. The molecule has 0 aromatic heterocycles. The van der Waals surface area contributed by atoms with E-state index in [2.05, 4.69) is 9.12 Å². The molecule has 0 fully saturated rings. The summed E-state index contributed by atoms with van der Waals surface area (Å²) in [5, 5.41) is 0. The fourth-order valence-corrected chi connectivity index (χ4v) is 0. The minimum absolute atomic E-state index is 0. The van der Waals surface area contributed by atoms with Crippen molar-refractivity contribution in [3.63, 3.8) is 0 Å². The van der Waals surface area contributed by atoms with Gasteiger partial charge in [-0.2, -0.15) is 9.12 Å². The van der Waals surface area contributed by atoms with Gasteiger partial charge in [-0.15, -0.1) is 0 Å². The van der Waals surface area contributed by atoms with Crippen LogP contribution in [0.15, 0.2) is 0 Å². The Hall–Kier alpha value is 2.64. The van der Waals surface area contributed by atoms with Crippen LogP contribution in [-0.2, 0) is 0 Å². The van der Waals surface area contributed by atoms with E-state index in [1.807, 2.05) is 7.57 Å². The molecule has 0 spiro atoms. The topological polar surface area (TPSA) is 0 Å². The third kappa shape index (κ3) is 8.82. The van der Waals surface area contributed by atoms with Crippen LogP contribution in [0.25, 0.3) is 0 Å². The van der Waals surface area contributed by atoms with Crippen molar-refractivity contribution in [3.05, 3.63) is 0 Å². The summed E-state index contributed by atoms with van der Waals surface area (Å²) in [6, 6.07) is 0. The molecule has 0 bridgehead atoms. The first-order chi connectivity index (χ1) is 1.00. The molecule has 0 aliphatic heterocycles. The first kappa shape index (κ1) is 15.9. The van der Waals surface area contributed by atoms with Crippen LogP contribution in [0.1, 0.15) is 0 Å². The molecule has 0 amide bonds. The minimum atomic E-state index is 0. The molecule has 1 atom stereocenters. The van der Waals surface area contributed by atoms with Gasteiger partial charge in [0.2, 0.25) is 0 Å². The predicted octanol–water partition coefficient (Wildman–Crippen LogP) is -2.69. The van der Waals surface area contributed by atoms with E-state index in [9.17, 15) is 0 Å². The van der Waals surface area contributed by atoms with E-state index in [1.54, 1.807) is 0 Å². The van der Waals surface area contributed by atoms with Crippen molar-refractivity contribution in [2.45, 2.75) is 0 Å². The van der Waals surface area contributed by atoms with E-state index in [1.165, 1.54) is 0 Å². The van der Waals surface area contributed by atoms with Crippen molar-refractivity contribution < 1.29 is 0 Å². The van der Waals surface area contributed by atoms with Gasteiger partial charge in [-0.1, -0.05) is 0 Å². The van der Waals surface area contributed by atoms with E-state index >= 15 is 0 Å². The van der Waals surface area contributed by atoms with Crippen molar-refractivity contribution in [1.29, 1.82) is 0 Å². The van der Waals surface area contributed by atoms with Crippen molar-refractivity contribution in [2.75, 3.05) is 0 Å². The second kappa shape index (κ2) is 17.4. The van der Waals surface area contributed by atoms with Crippen LogP contribution in [0.3, 0.4) is 0 Å². The molecule has 0 N–H and O–H groups in total. The zero-order valence-corrected chi connectivity index (χ0v) is 8.94. The molecule has 0 nitrogen and oxygen atoms in total. The van der Waals surface area contributed by atoms with Gasteiger partial charge in [0.05, 0.1) is 0 Å². The number of hydrogen-bond acceptors (Lipinski definition) is 0. The Morgan fingerprint density at radius 1 is 1.25 bits per heavy atom. The molecule has 0 saturated carbocycles. The van der Waals surface area contributed by atoms with Crippen LogP contribution in [0.4, 0.5) is 0 Å². The second-order valence-electron chi connectivity index (χ2n) is 0. The molecule has 0 radical (unpaired) electrons. The predicted molar refractivity (Wildman–Crippen MR) is 36.7 cm³/mol. The molecule has 24 valence electrons. The molecule has 0 rings (SSSR count). The number of rotatable bonds is 0. The molecule has 0 aromatic carbocycles. The zero-order chi connectivity index (χ0) is 2.00. The Morgan fingerprint density at radius 2 is 1.25 bits per heavy atom. The maximum atomic E-state index is 2.42. The average Bonchev–Trinajstić information content (AvgIpc) is 1.00. The van der Waals surface area contributed by atoms with Gasteiger partial charge in [0, 0.05) is 0 Å². The summed E-state index contributed by atoms with van der Waals surface area (Å²) in [6.07, 6.45) is 0. The standard InChI is InChI=1S/BH4P.Bi.Ca.5H/c1-2;;;;;;;/h1-2H2;;;;;;;. The van der Waals surface area contributed by atoms with Crippen LogP contribution in [0, 0.1) is 0 Å². The molecule has 4 heavy (non-hydrogen) atoms. The van der Waals surface area contributed by atoms with Gasteiger partial charge in [-0.3, -0.25) is 0 Å². The molecule has 0 saturated heterocycles. The molecule has 1 unspecified atom stereocenters. The molecule has 4 heteroatoms. The first-order valence-electron chi connectivity index (χ1n) is 0.577. The van der Waals surface area contributed by atoms with Crippen LogP contribution < -0.4 is 0 Å². The molecule has 0 aliphatic rings. The quantitative estimate of drug-likeness (QED) is 0.338. The Balaban J connectivity index is -0.00000000500.